The number of hydrogen-bond donors (Lipinski definition) is 1. The molecule has 0 aliphatic carbocycles. The first-order valence-electron chi connectivity index (χ1n) is 13.0. The van der Waals surface area contributed by atoms with E-state index in [-0.39, 0.29) is 30.0 Å². The topological polar surface area (TPSA) is 68.2 Å². The third-order valence-electron chi connectivity index (χ3n) is 7.84. The highest BCUT2D eigenvalue weighted by molar-refractivity contribution is 5.83. The van der Waals surface area contributed by atoms with Gasteiger partial charge in [0, 0.05) is 49.7 Å². The molecule has 0 unspecified atom stereocenters. The van der Waals surface area contributed by atoms with Crippen molar-refractivity contribution in [3.8, 4) is 5.75 Å². The van der Waals surface area contributed by atoms with Crippen LogP contribution in [0, 0.1) is 11.8 Å². The number of fused-ring (bicyclic) bond motifs is 3. The van der Waals surface area contributed by atoms with Gasteiger partial charge in [-0.3, -0.25) is 4.90 Å². The van der Waals surface area contributed by atoms with E-state index in [1.54, 1.807) is 13.2 Å². The van der Waals surface area contributed by atoms with Crippen molar-refractivity contribution in [2.24, 2.45) is 11.8 Å². The third kappa shape index (κ3) is 5.16. The van der Waals surface area contributed by atoms with Crippen molar-refractivity contribution in [3.63, 3.8) is 0 Å². The number of halogens is 3. The average molecular weight is 536 g/mol. The second kappa shape index (κ2) is 11.2. The second-order valence-electron chi connectivity index (χ2n) is 10.6. The van der Waals surface area contributed by atoms with E-state index in [0.29, 0.717) is 30.7 Å². The summed E-state index contributed by atoms with van der Waals surface area (Å²) in [7, 11) is 2.44. The number of carbonyl (C=O) groups is 1. The molecular formula is C29H36F3NO5. The van der Waals surface area contributed by atoms with E-state index in [2.05, 4.69) is 18.7 Å². The van der Waals surface area contributed by atoms with E-state index in [1.807, 2.05) is 12.1 Å². The molecule has 0 amide bonds. The molecule has 2 aromatic rings. The molecule has 0 spiro atoms. The van der Waals surface area contributed by atoms with Crippen LogP contribution >= 0.6 is 0 Å². The number of aliphatic hydroxyl groups is 1. The van der Waals surface area contributed by atoms with Crippen molar-refractivity contribution in [1.29, 1.82) is 0 Å². The number of methoxy groups -OCH3 is 2. The van der Waals surface area contributed by atoms with Crippen LogP contribution in [0.5, 0.6) is 5.75 Å². The Kier molecular flexibility index (Phi) is 8.40. The van der Waals surface area contributed by atoms with Gasteiger partial charge in [0.2, 0.25) is 0 Å². The molecule has 0 aromatic heterocycles. The number of nitrogens with zero attached hydrogens (tertiary/aromatic N) is 1. The van der Waals surface area contributed by atoms with Crippen molar-refractivity contribution < 1.29 is 37.3 Å². The van der Waals surface area contributed by atoms with Crippen molar-refractivity contribution in [3.05, 3.63) is 64.7 Å². The first-order chi connectivity index (χ1) is 18.0. The first kappa shape index (κ1) is 28.4. The smallest absolute Gasteiger partial charge is 0.432 e. The summed E-state index contributed by atoms with van der Waals surface area (Å²) in [5.41, 5.74) is -0.845. The summed E-state index contributed by atoms with van der Waals surface area (Å²) >= 11 is 0. The maximum absolute atomic E-state index is 14.5. The molecule has 6 nitrogen and oxygen atoms in total. The third-order valence-corrected chi connectivity index (χ3v) is 7.84. The Labute approximate surface area is 221 Å². The molecule has 2 heterocycles. The highest BCUT2D eigenvalue weighted by Crippen LogP contribution is 2.46. The Bertz CT molecular complexity index is 1120. The molecule has 208 valence electrons. The summed E-state index contributed by atoms with van der Waals surface area (Å²) in [6.45, 7) is 5.28. The number of esters is 1. The fourth-order valence-electron chi connectivity index (χ4n) is 6.05. The molecule has 4 rings (SSSR count). The second-order valence-corrected chi connectivity index (χ2v) is 10.6. The lowest BCUT2D eigenvalue weighted by atomic mass is 9.78. The summed E-state index contributed by atoms with van der Waals surface area (Å²) in [6.07, 6.45) is -3.92. The Morgan fingerprint density at radius 2 is 1.87 bits per heavy atom. The lowest BCUT2D eigenvalue weighted by Gasteiger charge is -2.48. The predicted octanol–water partition coefficient (Wildman–Crippen LogP) is 5.17. The van der Waals surface area contributed by atoms with Gasteiger partial charge in [0.25, 0.3) is 5.60 Å². The maximum Gasteiger partial charge on any atom is 0.432 e. The molecule has 2 aliphatic rings. The van der Waals surface area contributed by atoms with Gasteiger partial charge >= 0.3 is 12.1 Å². The van der Waals surface area contributed by atoms with Crippen LogP contribution in [0.2, 0.25) is 0 Å². The van der Waals surface area contributed by atoms with Gasteiger partial charge in [0.05, 0.1) is 13.7 Å². The van der Waals surface area contributed by atoms with E-state index >= 15 is 0 Å². The fourth-order valence-corrected chi connectivity index (χ4v) is 6.05. The van der Waals surface area contributed by atoms with E-state index in [4.69, 9.17) is 14.2 Å². The van der Waals surface area contributed by atoms with Crippen LogP contribution in [0.15, 0.2) is 42.5 Å². The van der Waals surface area contributed by atoms with Crippen LogP contribution in [0.4, 0.5) is 13.2 Å². The standard InChI is InChI=1S/C29H36F3NO5/c1-18(2)12-20-16-33-11-10-19-14-25(36-3)21(17-34)13-23(19)24(33)15-26(20)38-27(35)28(37-4,29(30,31)32)22-8-6-5-7-9-22/h5-9,13-14,18,20,24,26,34H,10-12,15-17H2,1-4H3/t20-,24+,26+,28-/m1/s1. The molecule has 0 saturated carbocycles. The molecule has 1 fully saturated rings. The monoisotopic (exact) mass is 535 g/mol. The van der Waals surface area contributed by atoms with E-state index in [9.17, 15) is 23.1 Å². The SMILES string of the molecule is COc1cc2c(cc1CO)[C@@H]1C[C@H](OC(=O)[C@](OC)(c3ccccc3)C(F)(F)F)[C@H](CC(C)C)CN1CC2. The van der Waals surface area contributed by atoms with Crippen LogP contribution in [0.3, 0.4) is 0 Å². The molecule has 38 heavy (non-hydrogen) atoms. The predicted molar refractivity (Wildman–Crippen MR) is 136 cm³/mol. The Hall–Kier alpha value is -2.62. The normalized spacial score (nSPS) is 23.3. The number of rotatable bonds is 8. The number of hydrogen-bond acceptors (Lipinski definition) is 6. The summed E-state index contributed by atoms with van der Waals surface area (Å²) in [5.74, 6) is -0.711. The highest BCUT2D eigenvalue weighted by atomic mass is 19.4. The molecule has 1 saturated heterocycles. The quantitative estimate of drug-likeness (QED) is 0.471. The number of alkyl halides is 3. The molecule has 2 aliphatic heterocycles. The number of piperidine rings is 1. The molecule has 0 bridgehead atoms. The number of carbonyl (C=O) groups excluding carboxylic acids is 1. The lowest BCUT2D eigenvalue weighted by Crippen LogP contribution is -2.55. The summed E-state index contributed by atoms with van der Waals surface area (Å²) in [4.78, 5) is 15.8. The minimum atomic E-state index is -5.03. The molecule has 2 aromatic carbocycles. The van der Waals surface area contributed by atoms with Gasteiger partial charge in [0.15, 0.2) is 0 Å². The van der Waals surface area contributed by atoms with Crippen LogP contribution in [-0.2, 0) is 32.9 Å². The van der Waals surface area contributed by atoms with Gasteiger partial charge in [0.1, 0.15) is 11.9 Å². The van der Waals surface area contributed by atoms with Gasteiger partial charge in [-0.05, 0) is 42.0 Å². The summed E-state index contributed by atoms with van der Waals surface area (Å²) in [6, 6.07) is 10.6. The summed E-state index contributed by atoms with van der Waals surface area (Å²) < 4.78 is 59.8. The minimum absolute atomic E-state index is 0.133. The van der Waals surface area contributed by atoms with E-state index in [0.717, 1.165) is 31.2 Å². The Balaban J connectivity index is 1.70. The molecule has 9 heteroatoms. The molecular weight excluding hydrogens is 499 g/mol. The van der Waals surface area contributed by atoms with Crippen molar-refractivity contribution >= 4 is 5.97 Å². The first-order valence-corrected chi connectivity index (χ1v) is 13.0. The van der Waals surface area contributed by atoms with Crippen molar-refractivity contribution in [2.75, 3.05) is 27.3 Å². The number of aliphatic hydroxyl groups excluding tert-OH is 1. The maximum atomic E-state index is 14.5. The van der Waals surface area contributed by atoms with Gasteiger partial charge in [-0.25, -0.2) is 4.79 Å². The van der Waals surface area contributed by atoms with Gasteiger partial charge in [-0.2, -0.15) is 13.2 Å². The number of benzene rings is 2. The van der Waals surface area contributed by atoms with Crippen LogP contribution in [-0.4, -0.2) is 55.6 Å². The Morgan fingerprint density at radius 3 is 2.45 bits per heavy atom. The number of ether oxygens (including phenoxy) is 3. The zero-order valence-electron chi connectivity index (χ0n) is 22.3. The zero-order chi connectivity index (χ0) is 27.7. The van der Waals surface area contributed by atoms with E-state index in [1.165, 1.54) is 24.3 Å². The van der Waals surface area contributed by atoms with Gasteiger partial charge in [-0.1, -0.05) is 44.2 Å². The molecule has 4 atom stereocenters. The van der Waals surface area contributed by atoms with Crippen molar-refractivity contribution in [2.45, 2.75) is 63.6 Å². The van der Waals surface area contributed by atoms with Gasteiger partial charge in [-0.15, -0.1) is 0 Å². The Morgan fingerprint density at radius 1 is 1.16 bits per heavy atom. The van der Waals surface area contributed by atoms with Crippen LogP contribution in [0.25, 0.3) is 0 Å². The minimum Gasteiger partial charge on any atom is -0.496 e. The van der Waals surface area contributed by atoms with Gasteiger partial charge < -0.3 is 19.3 Å². The fraction of sp³-hybridized carbons (Fsp3) is 0.552. The van der Waals surface area contributed by atoms with E-state index < -0.39 is 23.9 Å². The largest absolute Gasteiger partial charge is 0.496 e. The summed E-state index contributed by atoms with van der Waals surface area (Å²) in [5, 5.41) is 9.88. The van der Waals surface area contributed by atoms with Crippen molar-refractivity contribution in [1.82, 2.24) is 4.90 Å². The molecule has 1 N–H and O–H groups in total. The molecule has 0 radical (unpaired) electrons. The zero-order valence-corrected chi connectivity index (χ0v) is 22.3. The average Bonchev–Trinajstić information content (AvgIpc) is 2.88. The highest BCUT2D eigenvalue weighted by Gasteiger charge is 2.64. The lowest BCUT2D eigenvalue weighted by molar-refractivity contribution is -0.280. The van der Waals surface area contributed by atoms with Crippen LogP contribution in [0.1, 0.15) is 55.0 Å². The van der Waals surface area contributed by atoms with Crippen LogP contribution < -0.4 is 4.74 Å².